The number of nitro benzene ring substituents is 1. The highest BCUT2D eigenvalue weighted by Gasteiger charge is 2.18. The van der Waals surface area contributed by atoms with Gasteiger partial charge in [-0.15, -0.1) is 11.8 Å². The first-order valence-electron chi connectivity index (χ1n) is 8.98. The van der Waals surface area contributed by atoms with Crippen molar-refractivity contribution >= 4 is 41.2 Å². The molecule has 2 aromatic carbocycles. The number of nitrogens with zero attached hydrogens (tertiary/aromatic N) is 2. The van der Waals surface area contributed by atoms with Crippen LogP contribution in [0.15, 0.2) is 52.5 Å². The lowest BCUT2D eigenvalue weighted by Gasteiger charge is -2.21. The lowest BCUT2D eigenvalue weighted by atomic mass is 10.0. The Labute approximate surface area is 172 Å². The molecule has 8 heteroatoms. The summed E-state index contributed by atoms with van der Waals surface area (Å²) in [6.07, 6.45) is 7.27. The van der Waals surface area contributed by atoms with Crippen LogP contribution in [-0.4, -0.2) is 22.4 Å². The molecule has 28 heavy (non-hydrogen) atoms. The molecule has 1 aliphatic rings. The van der Waals surface area contributed by atoms with Crippen LogP contribution in [0, 0.1) is 10.1 Å². The second kappa shape index (κ2) is 9.71. The minimum atomic E-state index is -0.625. The molecule has 1 saturated carbocycles. The standard InChI is InChI=1S/C20H19ClN2O4S/c21-16-8-6-14(7-9-16)20(24)27-22-13-15-12-17(23(25)26)10-11-19(15)28-18-4-2-1-3-5-18/h6-13,18H,1-5H2/b22-13+. The summed E-state index contributed by atoms with van der Waals surface area (Å²) in [6, 6.07) is 10.9. The number of rotatable bonds is 6. The molecule has 0 aliphatic heterocycles. The van der Waals surface area contributed by atoms with Gasteiger partial charge in [0.05, 0.1) is 16.7 Å². The lowest BCUT2D eigenvalue weighted by Crippen LogP contribution is -2.08. The average molecular weight is 419 g/mol. The average Bonchev–Trinajstić information content (AvgIpc) is 2.70. The molecule has 2 aromatic rings. The summed E-state index contributed by atoms with van der Waals surface area (Å²) in [4.78, 5) is 28.5. The van der Waals surface area contributed by atoms with Crippen molar-refractivity contribution in [3.05, 3.63) is 68.7 Å². The van der Waals surface area contributed by atoms with E-state index in [2.05, 4.69) is 5.16 Å². The van der Waals surface area contributed by atoms with Crippen LogP contribution in [0.25, 0.3) is 0 Å². The van der Waals surface area contributed by atoms with E-state index in [-0.39, 0.29) is 5.69 Å². The molecule has 0 spiro atoms. The van der Waals surface area contributed by atoms with Crippen LogP contribution >= 0.6 is 23.4 Å². The van der Waals surface area contributed by atoms with Gasteiger partial charge in [-0.1, -0.05) is 36.0 Å². The van der Waals surface area contributed by atoms with E-state index in [1.165, 1.54) is 49.7 Å². The fourth-order valence-corrected chi connectivity index (χ4v) is 4.44. The number of carbonyl (C=O) groups excluding carboxylic acids is 1. The van der Waals surface area contributed by atoms with E-state index in [9.17, 15) is 14.9 Å². The number of halogens is 1. The fraction of sp³-hybridized carbons (Fsp3) is 0.300. The Kier molecular flexibility index (Phi) is 7.06. The zero-order valence-corrected chi connectivity index (χ0v) is 16.6. The van der Waals surface area contributed by atoms with Gasteiger partial charge in [0.15, 0.2) is 0 Å². The SMILES string of the molecule is O=C(O/N=C/c1cc([N+](=O)[O-])ccc1SC1CCCCC1)c1ccc(Cl)cc1. The molecule has 0 aromatic heterocycles. The topological polar surface area (TPSA) is 81.8 Å². The van der Waals surface area contributed by atoms with Gasteiger partial charge in [-0.05, 0) is 43.2 Å². The number of benzene rings is 2. The Morgan fingerprint density at radius 2 is 1.89 bits per heavy atom. The molecular weight excluding hydrogens is 400 g/mol. The smallest absolute Gasteiger partial charge is 0.313 e. The maximum Gasteiger partial charge on any atom is 0.365 e. The largest absolute Gasteiger partial charge is 0.365 e. The predicted molar refractivity (Wildman–Crippen MR) is 110 cm³/mol. The van der Waals surface area contributed by atoms with Crippen molar-refractivity contribution in [2.75, 3.05) is 0 Å². The Bertz CT molecular complexity index is 880. The van der Waals surface area contributed by atoms with Crippen molar-refractivity contribution in [3.8, 4) is 0 Å². The van der Waals surface area contributed by atoms with Crippen LogP contribution in [0.1, 0.15) is 48.0 Å². The van der Waals surface area contributed by atoms with Crippen LogP contribution in [0.3, 0.4) is 0 Å². The van der Waals surface area contributed by atoms with Crippen LogP contribution in [-0.2, 0) is 4.84 Å². The van der Waals surface area contributed by atoms with E-state index in [4.69, 9.17) is 16.4 Å². The Hall–Kier alpha value is -2.38. The van der Waals surface area contributed by atoms with Gasteiger partial charge < -0.3 is 4.84 Å². The third kappa shape index (κ3) is 5.56. The van der Waals surface area contributed by atoms with E-state index >= 15 is 0 Å². The van der Waals surface area contributed by atoms with Crippen LogP contribution in [0.4, 0.5) is 5.69 Å². The number of non-ortho nitro benzene ring substituents is 1. The summed E-state index contributed by atoms with van der Waals surface area (Å²) >= 11 is 7.50. The number of hydrogen-bond donors (Lipinski definition) is 0. The highest BCUT2D eigenvalue weighted by Crippen LogP contribution is 2.36. The number of carbonyl (C=O) groups is 1. The molecule has 0 bridgehead atoms. The van der Waals surface area contributed by atoms with E-state index < -0.39 is 10.9 Å². The number of thioether (sulfide) groups is 1. The molecule has 0 atom stereocenters. The Morgan fingerprint density at radius 1 is 1.18 bits per heavy atom. The van der Waals surface area contributed by atoms with Gasteiger partial charge in [-0.2, -0.15) is 0 Å². The first-order valence-corrected chi connectivity index (χ1v) is 10.2. The van der Waals surface area contributed by atoms with E-state index in [1.54, 1.807) is 30.0 Å². The quantitative estimate of drug-likeness (QED) is 0.254. The maximum atomic E-state index is 12.0. The fourth-order valence-electron chi connectivity index (χ4n) is 2.99. The molecule has 0 amide bonds. The van der Waals surface area contributed by atoms with E-state index in [0.717, 1.165) is 17.7 Å². The van der Waals surface area contributed by atoms with Crippen molar-refractivity contribution in [2.45, 2.75) is 42.2 Å². The first-order chi connectivity index (χ1) is 13.5. The minimum Gasteiger partial charge on any atom is -0.313 e. The molecule has 146 valence electrons. The number of hydrogen-bond acceptors (Lipinski definition) is 6. The summed E-state index contributed by atoms with van der Waals surface area (Å²) in [5.41, 5.74) is 0.851. The summed E-state index contributed by atoms with van der Waals surface area (Å²) in [5.74, 6) is -0.625. The van der Waals surface area contributed by atoms with Crippen molar-refractivity contribution in [1.82, 2.24) is 0 Å². The Morgan fingerprint density at radius 3 is 2.57 bits per heavy atom. The predicted octanol–water partition coefficient (Wildman–Crippen LogP) is 5.86. The molecule has 0 saturated heterocycles. The molecule has 0 N–H and O–H groups in total. The monoisotopic (exact) mass is 418 g/mol. The third-order valence-electron chi connectivity index (χ3n) is 4.46. The van der Waals surface area contributed by atoms with Gasteiger partial charge in [0.1, 0.15) is 0 Å². The minimum absolute atomic E-state index is 0.0292. The first kappa shape index (κ1) is 20.4. The third-order valence-corrected chi connectivity index (χ3v) is 6.14. The molecule has 0 radical (unpaired) electrons. The van der Waals surface area contributed by atoms with Gasteiger partial charge in [0, 0.05) is 32.9 Å². The van der Waals surface area contributed by atoms with Gasteiger partial charge in [-0.3, -0.25) is 10.1 Å². The molecular formula is C20H19ClN2O4S. The summed E-state index contributed by atoms with van der Waals surface area (Å²) in [5, 5.41) is 15.9. The second-order valence-corrected chi connectivity index (χ2v) is 8.26. The van der Waals surface area contributed by atoms with Gasteiger partial charge in [0.2, 0.25) is 0 Å². The van der Waals surface area contributed by atoms with Crippen molar-refractivity contribution < 1.29 is 14.6 Å². The molecule has 6 nitrogen and oxygen atoms in total. The van der Waals surface area contributed by atoms with Crippen molar-refractivity contribution in [1.29, 1.82) is 0 Å². The number of oxime groups is 1. The highest BCUT2D eigenvalue weighted by molar-refractivity contribution is 8.00. The normalized spacial score (nSPS) is 14.9. The molecule has 0 heterocycles. The Balaban J connectivity index is 1.74. The van der Waals surface area contributed by atoms with Crippen LogP contribution in [0.2, 0.25) is 5.02 Å². The van der Waals surface area contributed by atoms with Crippen LogP contribution in [0.5, 0.6) is 0 Å². The van der Waals surface area contributed by atoms with Crippen LogP contribution < -0.4 is 0 Å². The van der Waals surface area contributed by atoms with Gasteiger partial charge >= 0.3 is 5.97 Å². The molecule has 1 aliphatic carbocycles. The maximum absolute atomic E-state index is 12.0. The molecule has 1 fully saturated rings. The summed E-state index contributed by atoms with van der Waals surface area (Å²) in [7, 11) is 0. The van der Waals surface area contributed by atoms with Gasteiger partial charge in [-0.25, -0.2) is 4.79 Å². The lowest BCUT2D eigenvalue weighted by molar-refractivity contribution is -0.384. The summed E-state index contributed by atoms with van der Waals surface area (Å²) < 4.78 is 0. The van der Waals surface area contributed by atoms with Crippen molar-refractivity contribution in [3.63, 3.8) is 0 Å². The van der Waals surface area contributed by atoms with Gasteiger partial charge in [0.25, 0.3) is 5.69 Å². The van der Waals surface area contributed by atoms with E-state index in [0.29, 0.717) is 21.4 Å². The number of nitro groups is 1. The zero-order valence-electron chi connectivity index (χ0n) is 15.0. The molecule has 0 unspecified atom stereocenters. The van der Waals surface area contributed by atoms with E-state index in [1.807, 2.05) is 0 Å². The van der Waals surface area contributed by atoms with Crippen molar-refractivity contribution in [2.24, 2.45) is 5.16 Å². The zero-order chi connectivity index (χ0) is 19.9. The second-order valence-electron chi connectivity index (χ2n) is 6.48. The molecule has 3 rings (SSSR count). The summed E-state index contributed by atoms with van der Waals surface area (Å²) in [6.45, 7) is 0. The highest BCUT2D eigenvalue weighted by atomic mass is 35.5.